The van der Waals surface area contributed by atoms with Crippen LogP contribution in [-0.4, -0.2) is 15.3 Å². The van der Waals surface area contributed by atoms with Gasteiger partial charge in [-0.05, 0) is 0 Å². The molecule has 0 amide bonds. The van der Waals surface area contributed by atoms with E-state index in [1.807, 2.05) is 0 Å². The molecule has 0 fully saturated rings. The summed E-state index contributed by atoms with van der Waals surface area (Å²) < 4.78 is 2.86. The van der Waals surface area contributed by atoms with E-state index in [1.165, 1.54) is 19.1 Å². The van der Waals surface area contributed by atoms with Crippen molar-refractivity contribution in [1.82, 2.24) is 0 Å². The molecule has 84 valence electrons. The van der Waals surface area contributed by atoms with Gasteiger partial charge in [-0.2, -0.15) is 0 Å². The summed E-state index contributed by atoms with van der Waals surface area (Å²) in [5.41, 5.74) is 1.16. The fourth-order valence-corrected chi connectivity index (χ4v) is 4.88. The molecular weight excluding hydrogens is 281 g/mol. The third kappa shape index (κ3) is 1.48. The van der Waals surface area contributed by atoms with E-state index < -0.39 is 0 Å². The molecule has 1 aliphatic heterocycles. The Morgan fingerprint density at radius 3 is 2.61 bits per heavy atom. The van der Waals surface area contributed by atoms with Gasteiger partial charge in [-0.25, -0.2) is 0 Å². The summed E-state index contributed by atoms with van der Waals surface area (Å²) in [6.45, 7) is 0. The van der Waals surface area contributed by atoms with E-state index in [0.717, 1.165) is 11.0 Å². The van der Waals surface area contributed by atoms with Gasteiger partial charge in [0, 0.05) is 0 Å². The Labute approximate surface area is 111 Å². The zero-order valence-corrected chi connectivity index (χ0v) is 11.5. The van der Waals surface area contributed by atoms with Gasteiger partial charge >= 0.3 is 111 Å². The van der Waals surface area contributed by atoms with Gasteiger partial charge in [-0.3, -0.25) is 0 Å². The predicted octanol–water partition coefficient (Wildman–Crippen LogP) is 2.39. The van der Waals surface area contributed by atoms with Gasteiger partial charge in [-0.15, -0.1) is 0 Å². The second-order valence-corrected chi connectivity index (χ2v) is 6.79. The SMILES string of the molecule is c1ccc2c(c1)=Nc1ccc3ccccc3c1[As]=2. The molecule has 1 heterocycles. The minimum atomic E-state index is 0.0423. The first-order valence-corrected chi connectivity index (χ1v) is 7.84. The molecule has 1 aliphatic rings. The summed E-state index contributed by atoms with van der Waals surface area (Å²) in [6.07, 6.45) is 0. The van der Waals surface area contributed by atoms with Crippen molar-refractivity contribution in [2.45, 2.75) is 0 Å². The van der Waals surface area contributed by atoms with Crippen LogP contribution in [0.4, 0.5) is 5.69 Å². The molecule has 3 aromatic rings. The van der Waals surface area contributed by atoms with Crippen molar-refractivity contribution in [3.63, 3.8) is 0 Å². The first kappa shape index (κ1) is 10.2. The summed E-state index contributed by atoms with van der Waals surface area (Å²) in [6, 6.07) is 21.4. The van der Waals surface area contributed by atoms with Crippen LogP contribution in [0.5, 0.6) is 0 Å². The van der Waals surface area contributed by atoms with Gasteiger partial charge in [-0.1, -0.05) is 0 Å². The van der Waals surface area contributed by atoms with Crippen LogP contribution in [0.15, 0.2) is 65.7 Å². The monoisotopic (exact) mass is 291 g/mol. The van der Waals surface area contributed by atoms with E-state index in [1.54, 1.807) is 0 Å². The molecule has 0 saturated carbocycles. The molecule has 0 bridgehead atoms. The van der Waals surface area contributed by atoms with Crippen molar-refractivity contribution in [3.8, 4) is 0 Å². The van der Waals surface area contributed by atoms with Crippen LogP contribution in [0.2, 0.25) is 0 Å². The first-order valence-electron chi connectivity index (χ1n) is 5.96. The summed E-state index contributed by atoms with van der Waals surface area (Å²) in [4.78, 5) is 4.78. The van der Waals surface area contributed by atoms with Crippen LogP contribution in [0, 0.1) is 3.95 Å². The van der Waals surface area contributed by atoms with Crippen molar-refractivity contribution in [2.75, 3.05) is 0 Å². The number of para-hydroxylation sites is 1. The summed E-state index contributed by atoms with van der Waals surface area (Å²) >= 11 is 0.0423. The Hall–Kier alpha value is -1.72. The molecule has 0 radical (unpaired) electrons. The fourth-order valence-electron chi connectivity index (χ4n) is 2.35. The molecule has 0 N–H and O–H groups in total. The predicted molar refractivity (Wildman–Crippen MR) is 75.4 cm³/mol. The first-order chi connectivity index (χ1) is 8.92. The molecular formula is C16H10AsN. The third-order valence-electron chi connectivity index (χ3n) is 3.23. The van der Waals surface area contributed by atoms with Gasteiger partial charge in [0.1, 0.15) is 0 Å². The number of hydrogen-bond donors (Lipinski definition) is 0. The fraction of sp³-hybridized carbons (Fsp3) is 0. The Kier molecular flexibility index (Phi) is 2.21. The number of hydrogen-bond acceptors (Lipinski definition) is 1. The Morgan fingerprint density at radius 1 is 0.778 bits per heavy atom. The van der Waals surface area contributed by atoms with Crippen molar-refractivity contribution in [2.24, 2.45) is 4.99 Å². The van der Waals surface area contributed by atoms with E-state index in [-0.39, 0.29) is 15.3 Å². The van der Waals surface area contributed by atoms with E-state index in [0.29, 0.717) is 0 Å². The second-order valence-electron chi connectivity index (χ2n) is 4.37. The van der Waals surface area contributed by atoms with E-state index in [2.05, 4.69) is 60.7 Å². The molecule has 0 spiro atoms. The molecule has 0 aromatic heterocycles. The number of benzene rings is 3. The number of fused-ring (bicyclic) bond motifs is 4. The quantitative estimate of drug-likeness (QED) is 0.441. The van der Waals surface area contributed by atoms with Crippen molar-refractivity contribution in [3.05, 3.63) is 70.0 Å². The molecule has 4 rings (SSSR count). The topological polar surface area (TPSA) is 12.4 Å². The van der Waals surface area contributed by atoms with Crippen LogP contribution in [0.25, 0.3) is 10.8 Å². The maximum absolute atomic E-state index is 4.78. The van der Waals surface area contributed by atoms with Crippen molar-refractivity contribution >= 4 is 36.1 Å². The minimum absolute atomic E-state index is 0.0423. The van der Waals surface area contributed by atoms with Crippen LogP contribution in [-0.2, 0) is 0 Å². The van der Waals surface area contributed by atoms with Gasteiger partial charge in [0.15, 0.2) is 0 Å². The van der Waals surface area contributed by atoms with Crippen LogP contribution >= 0.6 is 0 Å². The Balaban J connectivity index is 2.18. The molecule has 0 atom stereocenters. The third-order valence-corrected chi connectivity index (χ3v) is 5.99. The molecule has 18 heavy (non-hydrogen) atoms. The normalized spacial score (nSPS) is 13.1. The van der Waals surface area contributed by atoms with E-state index in [4.69, 9.17) is 4.99 Å². The van der Waals surface area contributed by atoms with Crippen LogP contribution in [0.3, 0.4) is 0 Å². The average Bonchev–Trinajstić information content (AvgIpc) is 2.45. The molecule has 2 heteroatoms. The van der Waals surface area contributed by atoms with E-state index >= 15 is 0 Å². The molecule has 1 nitrogen and oxygen atoms in total. The zero-order chi connectivity index (χ0) is 11.9. The summed E-state index contributed by atoms with van der Waals surface area (Å²) in [5, 5.41) is 3.84. The molecule has 0 unspecified atom stereocenters. The summed E-state index contributed by atoms with van der Waals surface area (Å²) in [7, 11) is 0. The maximum atomic E-state index is 4.78. The molecule has 3 aromatic carbocycles. The average molecular weight is 291 g/mol. The van der Waals surface area contributed by atoms with Gasteiger partial charge < -0.3 is 0 Å². The van der Waals surface area contributed by atoms with Crippen LogP contribution < -0.4 is 9.71 Å². The van der Waals surface area contributed by atoms with Gasteiger partial charge in [0.05, 0.1) is 0 Å². The van der Waals surface area contributed by atoms with Gasteiger partial charge in [0.2, 0.25) is 0 Å². The Morgan fingerprint density at radius 2 is 1.61 bits per heavy atom. The Bertz CT molecular complexity index is 881. The zero-order valence-electron chi connectivity index (χ0n) is 9.67. The second kappa shape index (κ2) is 3.90. The standard InChI is InChI=1S/C16H10AsN/c1-2-6-12-11(5-1)9-10-15-16(12)17-13-7-3-4-8-14(13)18-15/h1-10H. The number of rotatable bonds is 0. The molecule has 0 saturated heterocycles. The van der Waals surface area contributed by atoms with Crippen LogP contribution in [0.1, 0.15) is 0 Å². The van der Waals surface area contributed by atoms with E-state index in [9.17, 15) is 0 Å². The molecule has 0 aliphatic carbocycles. The van der Waals surface area contributed by atoms with Crippen molar-refractivity contribution < 1.29 is 0 Å². The van der Waals surface area contributed by atoms with Gasteiger partial charge in [0.25, 0.3) is 0 Å². The summed E-state index contributed by atoms with van der Waals surface area (Å²) in [5.74, 6) is 0. The van der Waals surface area contributed by atoms with Crippen molar-refractivity contribution in [1.29, 1.82) is 0 Å². The number of nitrogens with zero attached hydrogens (tertiary/aromatic N) is 1.